The summed E-state index contributed by atoms with van der Waals surface area (Å²) in [6.45, 7) is 3.04. The molecule has 0 radical (unpaired) electrons. The van der Waals surface area contributed by atoms with Gasteiger partial charge < -0.3 is 14.6 Å². The Morgan fingerprint density at radius 3 is 2.72 bits per heavy atom. The van der Waals surface area contributed by atoms with Crippen LogP contribution < -0.4 is 4.74 Å². The lowest BCUT2D eigenvalue weighted by molar-refractivity contribution is -0.141. The van der Waals surface area contributed by atoms with E-state index in [2.05, 4.69) is 16.3 Å². The van der Waals surface area contributed by atoms with Crippen LogP contribution in [-0.2, 0) is 22.3 Å². The predicted molar refractivity (Wildman–Crippen MR) is 84.0 cm³/mol. The smallest absolute Gasteiger partial charge is 0.419 e. The number of esters is 1. The molecule has 9 heteroatoms. The first kappa shape index (κ1) is 18.9. The molecule has 0 aliphatic carbocycles. The minimum absolute atomic E-state index is 0.123. The molecule has 2 aromatic rings. The first-order valence-electron chi connectivity index (χ1n) is 6.91. The molecule has 0 bridgehead atoms. The Hall–Kier alpha value is -2.39. The van der Waals surface area contributed by atoms with Crippen molar-refractivity contribution in [3.05, 3.63) is 58.1 Å². The van der Waals surface area contributed by atoms with Crippen molar-refractivity contribution in [2.24, 2.45) is 0 Å². The SMILES string of the molecule is C=C(C(=O)OCc1ccc(OC)c(C(F)(F)F)c1)C(O)c1nccs1. The summed E-state index contributed by atoms with van der Waals surface area (Å²) in [6.07, 6.45) is -4.47. The summed E-state index contributed by atoms with van der Waals surface area (Å²) in [5, 5.41) is 11.8. The second-order valence-corrected chi connectivity index (χ2v) is 5.83. The second-order valence-electron chi connectivity index (χ2n) is 4.91. The summed E-state index contributed by atoms with van der Waals surface area (Å²) < 4.78 is 48.5. The van der Waals surface area contributed by atoms with Crippen LogP contribution in [0, 0.1) is 0 Å². The molecule has 0 saturated carbocycles. The largest absolute Gasteiger partial charge is 0.496 e. The molecule has 0 aliphatic heterocycles. The van der Waals surface area contributed by atoms with Gasteiger partial charge in [0.2, 0.25) is 0 Å². The minimum atomic E-state index is -4.60. The van der Waals surface area contributed by atoms with Gasteiger partial charge in [-0.2, -0.15) is 13.2 Å². The number of benzene rings is 1. The molecule has 0 saturated heterocycles. The van der Waals surface area contributed by atoms with Crippen LogP contribution in [0.25, 0.3) is 0 Å². The average molecular weight is 373 g/mol. The molecule has 1 aromatic carbocycles. The van der Waals surface area contributed by atoms with Gasteiger partial charge in [0.25, 0.3) is 0 Å². The third-order valence-electron chi connectivity index (χ3n) is 3.22. The van der Waals surface area contributed by atoms with Crippen molar-refractivity contribution in [2.75, 3.05) is 7.11 Å². The number of methoxy groups -OCH3 is 1. The van der Waals surface area contributed by atoms with Crippen molar-refractivity contribution < 1.29 is 32.5 Å². The highest BCUT2D eigenvalue weighted by molar-refractivity contribution is 7.09. The van der Waals surface area contributed by atoms with E-state index < -0.39 is 30.4 Å². The van der Waals surface area contributed by atoms with E-state index in [1.807, 2.05) is 0 Å². The van der Waals surface area contributed by atoms with Gasteiger partial charge in [0, 0.05) is 11.6 Å². The molecule has 0 fully saturated rings. The number of hydrogen-bond donors (Lipinski definition) is 1. The van der Waals surface area contributed by atoms with Gasteiger partial charge in [0.15, 0.2) is 0 Å². The second kappa shape index (κ2) is 7.66. The maximum Gasteiger partial charge on any atom is 0.419 e. The van der Waals surface area contributed by atoms with E-state index in [4.69, 9.17) is 4.74 Å². The fraction of sp³-hybridized carbons (Fsp3) is 0.250. The first-order valence-corrected chi connectivity index (χ1v) is 7.79. The first-order chi connectivity index (χ1) is 11.7. The molecule has 1 N–H and O–H groups in total. The number of aliphatic hydroxyl groups excluding tert-OH is 1. The zero-order valence-corrected chi connectivity index (χ0v) is 13.9. The molecule has 1 aromatic heterocycles. The van der Waals surface area contributed by atoms with Gasteiger partial charge in [-0.3, -0.25) is 0 Å². The summed E-state index contributed by atoms with van der Waals surface area (Å²) in [5.41, 5.74) is -1.09. The molecule has 134 valence electrons. The van der Waals surface area contributed by atoms with Crippen LogP contribution in [0.5, 0.6) is 5.75 Å². The normalized spacial score (nSPS) is 12.5. The van der Waals surface area contributed by atoms with Crippen molar-refractivity contribution in [2.45, 2.75) is 18.9 Å². The number of aromatic nitrogens is 1. The van der Waals surface area contributed by atoms with Crippen LogP contribution in [0.15, 0.2) is 41.9 Å². The molecule has 1 heterocycles. The maximum absolute atomic E-state index is 13.0. The van der Waals surface area contributed by atoms with Crippen molar-refractivity contribution >= 4 is 17.3 Å². The van der Waals surface area contributed by atoms with Crippen LogP contribution >= 0.6 is 11.3 Å². The summed E-state index contributed by atoms with van der Waals surface area (Å²) >= 11 is 1.13. The van der Waals surface area contributed by atoms with Crippen LogP contribution in [0.2, 0.25) is 0 Å². The van der Waals surface area contributed by atoms with E-state index in [-0.39, 0.29) is 21.9 Å². The van der Waals surface area contributed by atoms with Crippen LogP contribution in [0.4, 0.5) is 13.2 Å². The molecule has 25 heavy (non-hydrogen) atoms. The van der Waals surface area contributed by atoms with Gasteiger partial charge in [-0.1, -0.05) is 12.6 Å². The monoisotopic (exact) mass is 373 g/mol. The van der Waals surface area contributed by atoms with Gasteiger partial charge in [0.05, 0.1) is 18.2 Å². The number of alkyl halides is 3. The standard InChI is InChI=1S/C16H14F3NO4S/c1-9(13(21)14-20-5-6-25-14)15(22)24-8-10-3-4-12(23-2)11(7-10)16(17,18)19/h3-7,13,21H,1,8H2,2H3. The van der Waals surface area contributed by atoms with E-state index in [1.165, 1.54) is 12.3 Å². The van der Waals surface area contributed by atoms with E-state index >= 15 is 0 Å². The van der Waals surface area contributed by atoms with Crippen molar-refractivity contribution in [1.29, 1.82) is 0 Å². The molecule has 1 atom stereocenters. The number of aliphatic hydroxyl groups is 1. The lowest BCUT2D eigenvalue weighted by Gasteiger charge is -2.14. The lowest BCUT2D eigenvalue weighted by atomic mass is 10.1. The van der Waals surface area contributed by atoms with Gasteiger partial charge in [-0.15, -0.1) is 11.3 Å². The fourth-order valence-corrected chi connectivity index (χ4v) is 2.59. The predicted octanol–water partition coefficient (Wildman–Crippen LogP) is 3.50. The summed E-state index contributed by atoms with van der Waals surface area (Å²) in [5.74, 6) is -1.25. The summed E-state index contributed by atoms with van der Waals surface area (Å²) in [7, 11) is 1.13. The topological polar surface area (TPSA) is 68.7 Å². The van der Waals surface area contributed by atoms with E-state index in [1.54, 1.807) is 5.38 Å². The number of carbonyl (C=O) groups excluding carboxylic acids is 1. The molecule has 5 nitrogen and oxygen atoms in total. The number of ether oxygens (including phenoxy) is 2. The van der Waals surface area contributed by atoms with Crippen molar-refractivity contribution in [3.8, 4) is 5.75 Å². The lowest BCUT2D eigenvalue weighted by Crippen LogP contribution is -2.14. The number of thiazole rings is 1. The number of rotatable bonds is 6. The quantitative estimate of drug-likeness (QED) is 0.620. The Bertz CT molecular complexity index is 759. The minimum Gasteiger partial charge on any atom is -0.496 e. The maximum atomic E-state index is 13.0. The van der Waals surface area contributed by atoms with Crippen LogP contribution in [0.1, 0.15) is 22.2 Å². The number of halogens is 3. The van der Waals surface area contributed by atoms with Crippen LogP contribution in [0.3, 0.4) is 0 Å². The Morgan fingerprint density at radius 2 is 2.16 bits per heavy atom. The Balaban J connectivity index is 2.06. The highest BCUT2D eigenvalue weighted by Crippen LogP contribution is 2.36. The van der Waals surface area contributed by atoms with Crippen molar-refractivity contribution in [1.82, 2.24) is 4.98 Å². The molecule has 0 amide bonds. The summed E-state index contributed by atoms with van der Waals surface area (Å²) in [6, 6.07) is 3.33. The van der Waals surface area contributed by atoms with Crippen molar-refractivity contribution in [3.63, 3.8) is 0 Å². The van der Waals surface area contributed by atoms with E-state index in [0.29, 0.717) is 0 Å². The number of carbonyl (C=O) groups is 1. The highest BCUT2D eigenvalue weighted by Gasteiger charge is 2.34. The molecule has 1 unspecified atom stereocenters. The number of nitrogens with zero attached hydrogens (tertiary/aromatic N) is 1. The van der Waals surface area contributed by atoms with Gasteiger partial charge in [-0.25, -0.2) is 9.78 Å². The van der Waals surface area contributed by atoms with Gasteiger partial charge in [-0.05, 0) is 17.7 Å². The molecular weight excluding hydrogens is 359 g/mol. The number of hydrogen-bond acceptors (Lipinski definition) is 6. The molecule has 2 rings (SSSR count). The Labute approximate surface area is 145 Å². The Kier molecular flexibility index (Phi) is 5.81. The van der Waals surface area contributed by atoms with Crippen LogP contribution in [-0.4, -0.2) is 23.2 Å². The zero-order chi connectivity index (χ0) is 18.6. The average Bonchev–Trinajstić information content (AvgIpc) is 3.11. The zero-order valence-electron chi connectivity index (χ0n) is 13.0. The third kappa shape index (κ3) is 4.58. The molecule has 0 spiro atoms. The molecular formula is C16H14F3NO4S. The third-order valence-corrected chi connectivity index (χ3v) is 4.04. The van der Waals surface area contributed by atoms with Gasteiger partial charge >= 0.3 is 12.1 Å². The fourth-order valence-electron chi connectivity index (χ4n) is 1.94. The summed E-state index contributed by atoms with van der Waals surface area (Å²) in [4.78, 5) is 15.8. The molecule has 0 aliphatic rings. The van der Waals surface area contributed by atoms with E-state index in [9.17, 15) is 23.1 Å². The van der Waals surface area contributed by atoms with Gasteiger partial charge in [0.1, 0.15) is 23.5 Å². The highest BCUT2D eigenvalue weighted by atomic mass is 32.1. The van der Waals surface area contributed by atoms with E-state index in [0.717, 1.165) is 30.6 Å². The Morgan fingerprint density at radius 1 is 1.44 bits per heavy atom.